The molecule has 7 rings (SSSR count). The number of imide groups is 1. The number of fused-ring (bicyclic) bond motifs is 1. The van der Waals surface area contributed by atoms with Crippen molar-refractivity contribution >= 4 is 64.7 Å². The van der Waals surface area contributed by atoms with Gasteiger partial charge in [-0.15, -0.1) is 22.0 Å². The van der Waals surface area contributed by atoms with Crippen LogP contribution in [0.25, 0.3) is 0 Å². The van der Waals surface area contributed by atoms with Crippen molar-refractivity contribution in [2.75, 3.05) is 61.2 Å². The lowest BCUT2D eigenvalue weighted by atomic mass is 9.75. The number of likely N-dealkylation sites (tertiary alicyclic amines) is 1. The molecule has 0 saturated carbocycles. The van der Waals surface area contributed by atoms with Crippen molar-refractivity contribution < 1.29 is 51.5 Å². The Morgan fingerprint density at radius 1 is 0.919 bits per heavy atom. The molecule has 1 aromatic carbocycles. The summed E-state index contributed by atoms with van der Waals surface area (Å²) in [6.45, 7) is 9.36. The zero-order chi connectivity index (χ0) is 53.3. The first-order valence-corrected chi connectivity index (χ1v) is 26.1. The molecule has 20 nitrogen and oxygen atoms in total. The summed E-state index contributed by atoms with van der Waals surface area (Å²) < 4.78 is 51.8. The van der Waals surface area contributed by atoms with Gasteiger partial charge in [0, 0.05) is 75.0 Å². The van der Waals surface area contributed by atoms with E-state index in [4.69, 9.17) is 9.72 Å². The van der Waals surface area contributed by atoms with Crippen LogP contribution in [0.5, 0.6) is 0 Å². The van der Waals surface area contributed by atoms with Crippen molar-refractivity contribution in [2.24, 2.45) is 13.0 Å². The Hall–Kier alpha value is -6.40. The molecular formula is C50H65F3N12O8S. The fraction of sp³-hybridized carbons (Fsp3) is 0.560. The van der Waals surface area contributed by atoms with Gasteiger partial charge in [0.2, 0.25) is 23.6 Å². The molecule has 3 aromatic rings. The van der Waals surface area contributed by atoms with Crippen LogP contribution in [-0.2, 0) is 71.7 Å². The molecular weight excluding hydrogens is 986 g/mol. The highest BCUT2D eigenvalue weighted by Gasteiger charge is 2.45. The summed E-state index contributed by atoms with van der Waals surface area (Å²) >= 11 is 1.37. The van der Waals surface area contributed by atoms with Gasteiger partial charge in [0.15, 0.2) is 0 Å². The quantitative estimate of drug-likeness (QED) is 0.0492. The second kappa shape index (κ2) is 24.3. The smallest absolute Gasteiger partial charge is 0.379 e. The van der Waals surface area contributed by atoms with Gasteiger partial charge in [-0.05, 0) is 99.9 Å². The monoisotopic (exact) mass is 1050 g/mol. The number of halogens is 3. The van der Waals surface area contributed by atoms with Gasteiger partial charge in [0.05, 0.1) is 31.2 Å². The minimum Gasteiger partial charge on any atom is -0.379 e. The first-order valence-electron chi connectivity index (χ1n) is 24.9. The molecule has 2 aromatic heterocycles. The third-order valence-corrected chi connectivity index (χ3v) is 14.5. The lowest BCUT2D eigenvalue weighted by Crippen LogP contribution is -2.54. The summed E-state index contributed by atoms with van der Waals surface area (Å²) in [5.74, 6) is -0.992. The number of piperidine rings is 1. The Balaban J connectivity index is 0.900. The van der Waals surface area contributed by atoms with E-state index in [0.29, 0.717) is 80.9 Å². The lowest BCUT2D eigenvalue weighted by molar-refractivity contribution is -0.138. The van der Waals surface area contributed by atoms with E-state index in [9.17, 15) is 46.7 Å². The molecule has 0 spiro atoms. The molecule has 4 aliphatic heterocycles. The molecule has 400 valence electrons. The minimum atomic E-state index is -4.69. The van der Waals surface area contributed by atoms with Crippen LogP contribution in [0.2, 0.25) is 0 Å². The molecule has 24 heteroatoms. The molecule has 7 amide bonds. The van der Waals surface area contributed by atoms with Gasteiger partial charge in [-0.1, -0.05) is 13.3 Å². The highest BCUT2D eigenvalue weighted by Crippen LogP contribution is 2.42. The van der Waals surface area contributed by atoms with Crippen molar-refractivity contribution in [3.63, 3.8) is 0 Å². The first-order chi connectivity index (χ1) is 35.2. The molecule has 6 heterocycles. The summed E-state index contributed by atoms with van der Waals surface area (Å²) in [4.78, 5) is 98.0. The average molecular weight is 1050 g/mol. The van der Waals surface area contributed by atoms with Crippen molar-refractivity contribution in [1.82, 2.24) is 50.8 Å². The van der Waals surface area contributed by atoms with Gasteiger partial charge >= 0.3 is 6.18 Å². The van der Waals surface area contributed by atoms with Gasteiger partial charge < -0.3 is 35.9 Å². The highest BCUT2D eigenvalue weighted by molar-refractivity contribution is 7.99. The van der Waals surface area contributed by atoms with Crippen molar-refractivity contribution in [3.05, 3.63) is 76.4 Å². The molecule has 0 aliphatic carbocycles. The lowest BCUT2D eigenvalue weighted by Gasteiger charge is -2.42. The number of anilines is 2. The van der Waals surface area contributed by atoms with Crippen LogP contribution in [-0.4, -0.2) is 140 Å². The average Bonchev–Trinajstić information content (AvgIpc) is 4.01. The highest BCUT2D eigenvalue weighted by atomic mass is 32.2. The largest absolute Gasteiger partial charge is 0.416 e. The second-order valence-corrected chi connectivity index (χ2v) is 20.8. The Morgan fingerprint density at radius 3 is 2.27 bits per heavy atom. The van der Waals surface area contributed by atoms with E-state index in [1.54, 1.807) is 23.0 Å². The number of pyridine rings is 1. The number of hydrogen-bond donors (Lipinski definition) is 5. The van der Waals surface area contributed by atoms with E-state index in [1.165, 1.54) is 55.7 Å². The first kappa shape index (κ1) is 55.4. The number of hydrogen-bond acceptors (Lipinski definition) is 14. The minimum absolute atomic E-state index is 0.0115. The number of carbonyl (C=O) groups is 7. The molecule has 0 unspecified atom stereocenters. The van der Waals surface area contributed by atoms with Gasteiger partial charge in [-0.2, -0.15) is 13.2 Å². The summed E-state index contributed by atoms with van der Waals surface area (Å²) in [6.07, 6.45) is 3.54. The van der Waals surface area contributed by atoms with Crippen LogP contribution in [0.1, 0.15) is 105 Å². The maximum absolute atomic E-state index is 14.8. The standard InChI is InChI=1S/C50H65F3N12O8S/c1-30-10-9-15-63(23-30)24-34-18-36-37(38(19-34)50(51,52)53)25-65(48(36)72)40-21-35(49(26-73-27-49)22-41-61-56-28-62(41)5)20-39(60-40)54-14-17-74-29-55-45(69)31(2)58-47(71)33(4)59-46(70)32(3)57-42(66)11-7-6-8-16-64-43(67)12-13-44(64)68/h12-13,18-21,28,30-33H,6-11,14-17,22-27,29H2,1-5H3,(H,54,60)(H,55,69)(H,57,66)(H,58,71)(H,59,70)/t30-,31-,32-,33+/m0/s1. The number of ether oxygens (including phenoxy) is 1. The van der Waals surface area contributed by atoms with Gasteiger partial charge in [0.1, 0.15) is 41.9 Å². The van der Waals surface area contributed by atoms with Crippen LogP contribution in [0.3, 0.4) is 0 Å². The maximum Gasteiger partial charge on any atom is 0.416 e. The maximum atomic E-state index is 14.8. The van der Waals surface area contributed by atoms with E-state index < -0.39 is 58.9 Å². The summed E-state index contributed by atoms with van der Waals surface area (Å²) in [6, 6.07) is 3.44. The molecule has 0 radical (unpaired) electrons. The van der Waals surface area contributed by atoms with Crippen molar-refractivity contribution in [2.45, 2.75) is 115 Å². The number of amides is 7. The van der Waals surface area contributed by atoms with Gasteiger partial charge in [-0.25, -0.2) is 4.98 Å². The van der Waals surface area contributed by atoms with Gasteiger partial charge in [0.25, 0.3) is 17.7 Å². The molecule has 2 saturated heterocycles. The van der Waals surface area contributed by atoms with Crippen LogP contribution >= 0.6 is 11.8 Å². The predicted molar refractivity (Wildman–Crippen MR) is 268 cm³/mol. The zero-order valence-electron chi connectivity index (χ0n) is 42.3. The number of nitrogens with zero attached hydrogens (tertiary/aromatic N) is 7. The van der Waals surface area contributed by atoms with E-state index in [-0.39, 0.29) is 60.1 Å². The van der Waals surface area contributed by atoms with Crippen molar-refractivity contribution in [3.8, 4) is 0 Å². The van der Waals surface area contributed by atoms with Crippen LogP contribution in [0.15, 0.2) is 42.7 Å². The summed E-state index contributed by atoms with van der Waals surface area (Å²) in [5, 5.41) is 22.1. The second-order valence-electron chi connectivity index (χ2n) is 19.7. The topological polar surface area (TPSA) is 242 Å². The molecule has 74 heavy (non-hydrogen) atoms. The number of nitrogens with one attached hydrogen (secondary N) is 5. The van der Waals surface area contributed by atoms with Crippen LogP contribution in [0.4, 0.5) is 24.8 Å². The van der Waals surface area contributed by atoms with E-state index in [2.05, 4.69) is 48.6 Å². The number of thioether (sulfide) groups is 1. The normalized spacial score (nSPS) is 18.6. The number of alkyl halides is 3. The fourth-order valence-corrected chi connectivity index (χ4v) is 10.0. The number of aromatic nitrogens is 4. The molecule has 0 bridgehead atoms. The Labute approximate surface area is 431 Å². The molecule has 4 atom stereocenters. The Morgan fingerprint density at radius 2 is 1.62 bits per heavy atom. The van der Waals surface area contributed by atoms with Crippen LogP contribution < -0.4 is 31.5 Å². The Bertz CT molecular complexity index is 2610. The summed E-state index contributed by atoms with van der Waals surface area (Å²) in [5.41, 5.74) is -0.292. The molecule has 5 N–H and O–H groups in total. The number of aryl methyl sites for hydroxylation is 1. The predicted octanol–water partition coefficient (Wildman–Crippen LogP) is 3.35. The van der Waals surface area contributed by atoms with E-state index in [1.807, 2.05) is 13.1 Å². The SMILES string of the molecule is C[C@H]1CCCN(Cc2cc3c(c(C(F)(F)F)c2)CN(c2cc(C4(Cc5nncn5C)COC4)cc(NCCSCNC(=O)[C@H](C)NC(=O)[C@@H](C)NC(=O)[C@H](C)NC(=O)CCCCCN4C(=O)C=CC4=O)n2)C3=O)C1. The van der Waals surface area contributed by atoms with Crippen LogP contribution in [0, 0.1) is 5.92 Å². The number of carbonyl (C=O) groups excluding carboxylic acids is 7. The third-order valence-electron chi connectivity index (χ3n) is 13.7. The molecule has 2 fully saturated rings. The fourth-order valence-electron chi connectivity index (χ4n) is 9.40. The third kappa shape index (κ3) is 13.8. The number of benzene rings is 1. The Kier molecular flexibility index (Phi) is 18.2. The summed E-state index contributed by atoms with van der Waals surface area (Å²) in [7, 11) is 1.83. The number of unbranched alkanes of at least 4 members (excludes halogenated alkanes) is 2. The van der Waals surface area contributed by atoms with Crippen molar-refractivity contribution in [1.29, 1.82) is 0 Å². The molecule has 4 aliphatic rings. The zero-order valence-corrected chi connectivity index (χ0v) is 43.1. The number of rotatable bonds is 24. The van der Waals surface area contributed by atoms with E-state index in [0.717, 1.165) is 36.4 Å². The van der Waals surface area contributed by atoms with Gasteiger partial charge in [-0.3, -0.25) is 48.3 Å². The van der Waals surface area contributed by atoms with E-state index >= 15 is 0 Å².